The summed E-state index contributed by atoms with van der Waals surface area (Å²) in [5, 5.41) is 1.24. The molecule has 3 heteroatoms. The maximum absolute atomic E-state index is 5.71. The lowest BCUT2D eigenvalue weighted by atomic mass is 9.99. The monoisotopic (exact) mass is 213 g/mol. The molecule has 82 valence electrons. The maximum atomic E-state index is 5.71. The summed E-state index contributed by atoms with van der Waals surface area (Å²) in [6.07, 6.45) is 0. The molecule has 0 aromatic heterocycles. The van der Waals surface area contributed by atoms with E-state index in [1.54, 1.807) is 0 Å². The van der Waals surface area contributed by atoms with Gasteiger partial charge in [0.15, 0.2) is 0 Å². The minimum Gasteiger partial charge on any atom is -0.254 e. The van der Waals surface area contributed by atoms with Crippen molar-refractivity contribution in [2.75, 3.05) is 0 Å². The van der Waals surface area contributed by atoms with Gasteiger partial charge in [-0.25, -0.2) is 0 Å². The minimum atomic E-state index is -0.109. The predicted octanol–water partition coefficient (Wildman–Crippen LogP) is 1.83. The van der Waals surface area contributed by atoms with Crippen LogP contribution in [0, 0.1) is 0 Å². The van der Waals surface area contributed by atoms with Crippen molar-refractivity contribution in [1.29, 1.82) is 0 Å². The molecule has 0 saturated heterocycles. The lowest BCUT2D eigenvalue weighted by Gasteiger charge is -2.24. The molecule has 0 aliphatic carbocycles. The Morgan fingerprint density at radius 1 is 0.688 bits per heavy atom. The predicted molar refractivity (Wildman–Crippen MR) is 64.9 cm³/mol. The zero-order valence-electron chi connectivity index (χ0n) is 8.95. The molecule has 3 nitrogen and oxygen atoms in total. The molecule has 0 amide bonds. The quantitative estimate of drug-likeness (QED) is 0.604. The van der Waals surface area contributed by atoms with Gasteiger partial charge in [-0.15, -0.1) is 0 Å². The summed E-state index contributed by atoms with van der Waals surface area (Å²) in [4.78, 5) is 0. The highest BCUT2D eigenvalue weighted by molar-refractivity contribution is 5.31. The molecule has 0 atom stereocenters. The van der Waals surface area contributed by atoms with Crippen LogP contribution in [-0.2, 0) is 0 Å². The van der Waals surface area contributed by atoms with E-state index in [0.29, 0.717) is 0 Å². The molecule has 0 spiro atoms. The number of hydrazine groups is 2. The van der Waals surface area contributed by atoms with Gasteiger partial charge in [0.1, 0.15) is 0 Å². The Morgan fingerprint density at radius 2 is 1.06 bits per heavy atom. The molecule has 2 aromatic carbocycles. The number of benzene rings is 2. The Hall–Kier alpha value is -1.68. The fourth-order valence-corrected chi connectivity index (χ4v) is 1.81. The van der Waals surface area contributed by atoms with E-state index in [2.05, 4.69) is 0 Å². The first-order valence-corrected chi connectivity index (χ1v) is 5.17. The number of hydrogen-bond donors (Lipinski definition) is 2. The van der Waals surface area contributed by atoms with Crippen molar-refractivity contribution in [2.45, 2.75) is 6.04 Å². The van der Waals surface area contributed by atoms with Crippen molar-refractivity contribution in [1.82, 2.24) is 5.12 Å². The van der Waals surface area contributed by atoms with Gasteiger partial charge in [0.2, 0.25) is 0 Å². The third-order valence-electron chi connectivity index (χ3n) is 2.53. The number of hydrogen-bond acceptors (Lipinski definition) is 3. The van der Waals surface area contributed by atoms with Crippen LogP contribution in [0.5, 0.6) is 0 Å². The summed E-state index contributed by atoms with van der Waals surface area (Å²) in [7, 11) is 0. The summed E-state index contributed by atoms with van der Waals surface area (Å²) in [6, 6.07) is 19.8. The molecule has 0 saturated carbocycles. The first kappa shape index (κ1) is 10.8. The lowest BCUT2D eigenvalue weighted by molar-refractivity contribution is 0.239. The fraction of sp³-hybridized carbons (Fsp3) is 0.0769. The van der Waals surface area contributed by atoms with Crippen molar-refractivity contribution >= 4 is 0 Å². The highest BCUT2D eigenvalue weighted by atomic mass is 15.6. The molecule has 0 radical (unpaired) electrons. The average Bonchev–Trinajstić information content (AvgIpc) is 2.31. The van der Waals surface area contributed by atoms with Crippen LogP contribution in [0.4, 0.5) is 0 Å². The van der Waals surface area contributed by atoms with Crippen LogP contribution in [-0.4, -0.2) is 5.12 Å². The van der Waals surface area contributed by atoms with Crippen molar-refractivity contribution in [2.24, 2.45) is 11.7 Å². The second kappa shape index (κ2) is 4.90. The maximum Gasteiger partial charge on any atom is 0.0894 e. The zero-order valence-corrected chi connectivity index (χ0v) is 8.95. The molecule has 4 N–H and O–H groups in total. The van der Waals surface area contributed by atoms with E-state index in [-0.39, 0.29) is 6.04 Å². The van der Waals surface area contributed by atoms with Gasteiger partial charge in [-0.2, -0.15) is 5.12 Å². The summed E-state index contributed by atoms with van der Waals surface area (Å²) in [5.41, 5.74) is 2.16. The number of nitrogens with two attached hydrogens (primary N) is 2. The summed E-state index contributed by atoms with van der Waals surface area (Å²) < 4.78 is 0. The zero-order chi connectivity index (χ0) is 11.4. The van der Waals surface area contributed by atoms with Gasteiger partial charge >= 0.3 is 0 Å². The standard InChI is InChI=1S/C13H15N3/c14-16(15)13(11-7-3-1-4-8-11)12-9-5-2-6-10-12/h1-10,13H,14-15H2. The first-order chi connectivity index (χ1) is 7.79. The van der Waals surface area contributed by atoms with Crippen LogP contribution in [0.1, 0.15) is 17.2 Å². The lowest BCUT2D eigenvalue weighted by Crippen LogP contribution is -2.41. The smallest absolute Gasteiger partial charge is 0.0894 e. The summed E-state index contributed by atoms with van der Waals surface area (Å²) in [6.45, 7) is 0. The van der Waals surface area contributed by atoms with E-state index in [0.717, 1.165) is 11.1 Å². The third-order valence-corrected chi connectivity index (χ3v) is 2.53. The van der Waals surface area contributed by atoms with Crippen molar-refractivity contribution in [3.63, 3.8) is 0 Å². The van der Waals surface area contributed by atoms with Crippen molar-refractivity contribution in [3.8, 4) is 0 Å². The van der Waals surface area contributed by atoms with Crippen LogP contribution >= 0.6 is 0 Å². The molecule has 16 heavy (non-hydrogen) atoms. The van der Waals surface area contributed by atoms with Gasteiger partial charge in [0, 0.05) is 0 Å². The van der Waals surface area contributed by atoms with E-state index < -0.39 is 0 Å². The SMILES string of the molecule is NN(N)C(c1ccccc1)c1ccccc1. The topological polar surface area (TPSA) is 55.3 Å². The van der Waals surface area contributed by atoms with Gasteiger partial charge in [0.25, 0.3) is 0 Å². The summed E-state index contributed by atoms with van der Waals surface area (Å²) in [5.74, 6) is 11.4. The molecule has 0 fully saturated rings. The molecule has 0 aliphatic heterocycles. The molecule has 2 aromatic rings. The molecule has 0 heterocycles. The normalized spacial score (nSPS) is 11.0. The van der Waals surface area contributed by atoms with Crippen LogP contribution in [0.3, 0.4) is 0 Å². The minimum absolute atomic E-state index is 0.109. The van der Waals surface area contributed by atoms with Crippen molar-refractivity contribution in [3.05, 3.63) is 71.8 Å². The van der Waals surface area contributed by atoms with Gasteiger partial charge in [0.05, 0.1) is 6.04 Å². The Bertz CT molecular complexity index is 386. The van der Waals surface area contributed by atoms with E-state index in [4.69, 9.17) is 11.7 Å². The third kappa shape index (κ3) is 2.28. The van der Waals surface area contributed by atoms with E-state index in [1.807, 2.05) is 60.7 Å². The Labute approximate surface area is 95.2 Å². The van der Waals surface area contributed by atoms with Crippen LogP contribution in [0.25, 0.3) is 0 Å². The Morgan fingerprint density at radius 3 is 1.38 bits per heavy atom. The Balaban J connectivity index is 2.40. The number of nitrogens with zero attached hydrogens (tertiary/aromatic N) is 1. The molecule has 2 rings (SSSR count). The molecular formula is C13H15N3. The van der Waals surface area contributed by atoms with Crippen LogP contribution in [0.2, 0.25) is 0 Å². The summed E-state index contributed by atoms with van der Waals surface area (Å²) >= 11 is 0. The van der Waals surface area contributed by atoms with Gasteiger partial charge < -0.3 is 0 Å². The van der Waals surface area contributed by atoms with E-state index in [9.17, 15) is 0 Å². The highest BCUT2D eigenvalue weighted by Gasteiger charge is 2.16. The molecular weight excluding hydrogens is 198 g/mol. The fourth-order valence-electron chi connectivity index (χ4n) is 1.81. The number of rotatable bonds is 3. The molecule has 0 aliphatic rings. The molecule has 0 unspecified atom stereocenters. The van der Waals surface area contributed by atoms with Crippen LogP contribution in [0.15, 0.2) is 60.7 Å². The average molecular weight is 213 g/mol. The Kier molecular flexibility index (Phi) is 3.31. The highest BCUT2D eigenvalue weighted by Crippen LogP contribution is 2.24. The molecule has 0 bridgehead atoms. The van der Waals surface area contributed by atoms with E-state index >= 15 is 0 Å². The second-order valence-electron chi connectivity index (χ2n) is 3.67. The van der Waals surface area contributed by atoms with Crippen LogP contribution < -0.4 is 11.7 Å². The van der Waals surface area contributed by atoms with Gasteiger partial charge in [-0.05, 0) is 11.1 Å². The van der Waals surface area contributed by atoms with E-state index in [1.165, 1.54) is 5.12 Å². The first-order valence-electron chi connectivity index (χ1n) is 5.17. The second-order valence-corrected chi connectivity index (χ2v) is 3.67. The largest absolute Gasteiger partial charge is 0.254 e. The van der Waals surface area contributed by atoms with Gasteiger partial charge in [-0.1, -0.05) is 60.7 Å². The van der Waals surface area contributed by atoms with Gasteiger partial charge in [-0.3, -0.25) is 11.7 Å². The van der Waals surface area contributed by atoms with Crippen molar-refractivity contribution < 1.29 is 0 Å².